The Kier molecular flexibility index (Phi) is 7.08. The molecule has 0 saturated heterocycles. The van der Waals surface area contributed by atoms with Gasteiger partial charge in [-0.2, -0.15) is 0 Å². The van der Waals surface area contributed by atoms with E-state index in [9.17, 15) is 14.3 Å². The van der Waals surface area contributed by atoms with Crippen LogP contribution in [0.2, 0.25) is 0 Å². The van der Waals surface area contributed by atoms with Gasteiger partial charge in [0.2, 0.25) is 5.91 Å². The number of hydrogen-bond donors (Lipinski definition) is 2. The maximum absolute atomic E-state index is 12.8. The first-order chi connectivity index (χ1) is 11.6. The molecule has 0 saturated carbocycles. The molecule has 2 aromatic carbocycles. The van der Waals surface area contributed by atoms with Crippen molar-refractivity contribution in [3.63, 3.8) is 0 Å². The number of thioether (sulfide) groups is 1. The lowest BCUT2D eigenvalue weighted by atomic mass is 10.1. The van der Waals surface area contributed by atoms with Crippen LogP contribution in [0, 0.1) is 5.82 Å². The van der Waals surface area contributed by atoms with Crippen molar-refractivity contribution < 1.29 is 19.0 Å². The Bertz CT molecular complexity index is 646. The third kappa shape index (κ3) is 5.86. The molecular formula is C18H20FNO3S. The van der Waals surface area contributed by atoms with Crippen LogP contribution < -0.4 is 10.1 Å². The van der Waals surface area contributed by atoms with Crippen LogP contribution in [0.1, 0.15) is 18.6 Å². The average molecular weight is 349 g/mol. The molecule has 24 heavy (non-hydrogen) atoms. The largest absolute Gasteiger partial charge is 0.494 e. The van der Waals surface area contributed by atoms with E-state index in [1.54, 1.807) is 0 Å². The highest BCUT2D eigenvalue weighted by Gasteiger charge is 2.10. The Morgan fingerprint density at radius 1 is 1.21 bits per heavy atom. The molecule has 0 aliphatic heterocycles. The summed E-state index contributed by atoms with van der Waals surface area (Å²) in [6.45, 7) is 2.63. The molecule has 6 heteroatoms. The number of aliphatic hydroxyl groups excluding tert-OH is 1. The van der Waals surface area contributed by atoms with E-state index in [2.05, 4.69) is 5.32 Å². The normalized spacial score (nSPS) is 11.8. The van der Waals surface area contributed by atoms with Crippen LogP contribution in [0.15, 0.2) is 53.4 Å². The van der Waals surface area contributed by atoms with Crippen LogP contribution in [0.3, 0.4) is 0 Å². The molecule has 0 aliphatic rings. The molecule has 2 N–H and O–H groups in total. The molecule has 2 aromatic rings. The van der Waals surface area contributed by atoms with Crippen molar-refractivity contribution in [3.8, 4) is 5.75 Å². The summed E-state index contributed by atoms with van der Waals surface area (Å²) in [4.78, 5) is 12.8. The standard InChI is InChI=1S/C18H20FNO3S/c1-2-23-15-7-9-16(10-8-15)24-12-18(22)20-11-17(21)13-3-5-14(19)6-4-13/h3-10,17,21H,2,11-12H2,1H3,(H,20,22). The van der Waals surface area contributed by atoms with E-state index in [4.69, 9.17) is 4.74 Å². The summed E-state index contributed by atoms with van der Waals surface area (Å²) in [5, 5.41) is 12.6. The molecule has 1 unspecified atom stereocenters. The monoisotopic (exact) mass is 349 g/mol. The maximum atomic E-state index is 12.8. The summed E-state index contributed by atoms with van der Waals surface area (Å²) >= 11 is 1.41. The molecule has 0 aromatic heterocycles. The first kappa shape index (κ1) is 18.3. The number of amides is 1. The minimum absolute atomic E-state index is 0.0916. The third-order valence-electron chi connectivity index (χ3n) is 3.25. The number of rotatable bonds is 8. The third-order valence-corrected chi connectivity index (χ3v) is 4.26. The molecule has 0 aliphatic carbocycles. The van der Waals surface area contributed by atoms with E-state index in [-0.39, 0.29) is 24.0 Å². The number of ether oxygens (including phenoxy) is 1. The second-order valence-corrected chi connectivity index (χ2v) is 6.11. The predicted octanol–water partition coefficient (Wildman–Crippen LogP) is 3.17. The molecule has 0 heterocycles. The van der Waals surface area contributed by atoms with Crippen molar-refractivity contribution in [1.82, 2.24) is 5.32 Å². The molecule has 1 amide bonds. The van der Waals surface area contributed by atoms with Crippen LogP contribution in [0.4, 0.5) is 4.39 Å². The fourth-order valence-electron chi connectivity index (χ4n) is 2.01. The van der Waals surface area contributed by atoms with Crippen molar-refractivity contribution in [2.75, 3.05) is 18.9 Å². The average Bonchev–Trinajstić information content (AvgIpc) is 2.60. The Morgan fingerprint density at radius 2 is 1.88 bits per heavy atom. The summed E-state index contributed by atoms with van der Waals surface area (Å²) in [7, 11) is 0. The van der Waals surface area contributed by atoms with Crippen molar-refractivity contribution in [2.45, 2.75) is 17.9 Å². The minimum atomic E-state index is -0.856. The van der Waals surface area contributed by atoms with Crippen LogP contribution in [-0.4, -0.2) is 29.9 Å². The number of halogens is 1. The Morgan fingerprint density at radius 3 is 2.50 bits per heavy atom. The zero-order valence-electron chi connectivity index (χ0n) is 13.4. The fourth-order valence-corrected chi connectivity index (χ4v) is 2.74. The van der Waals surface area contributed by atoms with E-state index >= 15 is 0 Å². The van der Waals surface area contributed by atoms with Gasteiger partial charge in [-0.1, -0.05) is 12.1 Å². The molecule has 0 bridgehead atoms. The van der Waals surface area contributed by atoms with Crippen molar-refractivity contribution in [1.29, 1.82) is 0 Å². The lowest BCUT2D eigenvalue weighted by molar-refractivity contribution is -0.119. The fraction of sp³-hybridized carbons (Fsp3) is 0.278. The zero-order valence-corrected chi connectivity index (χ0v) is 14.2. The van der Waals surface area contributed by atoms with Crippen molar-refractivity contribution in [2.24, 2.45) is 0 Å². The van der Waals surface area contributed by atoms with Gasteiger partial charge < -0.3 is 15.2 Å². The van der Waals surface area contributed by atoms with Gasteiger partial charge in [0.05, 0.1) is 18.5 Å². The molecule has 2 rings (SSSR count). The minimum Gasteiger partial charge on any atom is -0.494 e. The second kappa shape index (κ2) is 9.30. The number of aliphatic hydroxyl groups is 1. The van der Waals surface area contributed by atoms with Gasteiger partial charge >= 0.3 is 0 Å². The molecule has 0 fully saturated rings. The first-order valence-corrected chi connectivity index (χ1v) is 8.63. The quantitative estimate of drug-likeness (QED) is 0.719. The van der Waals surface area contributed by atoms with Crippen LogP contribution in [0.25, 0.3) is 0 Å². The van der Waals surface area contributed by atoms with Crippen LogP contribution in [0.5, 0.6) is 5.75 Å². The van der Waals surface area contributed by atoms with Gasteiger partial charge in [-0.25, -0.2) is 4.39 Å². The van der Waals surface area contributed by atoms with E-state index < -0.39 is 6.10 Å². The molecule has 1 atom stereocenters. The Hall–Kier alpha value is -2.05. The van der Waals surface area contributed by atoms with Crippen molar-refractivity contribution in [3.05, 3.63) is 59.9 Å². The highest BCUT2D eigenvalue weighted by atomic mass is 32.2. The number of hydrogen-bond acceptors (Lipinski definition) is 4. The van der Waals surface area contributed by atoms with E-state index in [0.717, 1.165) is 10.6 Å². The van der Waals surface area contributed by atoms with Gasteiger partial charge in [-0.05, 0) is 48.9 Å². The van der Waals surface area contributed by atoms with Gasteiger partial charge in [-0.15, -0.1) is 11.8 Å². The van der Waals surface area contributed by atoms with E-state index in [0.29, 0.717) is 12.2 Å². The highest BCUT2D eigenvalue weighted by molar-refractivity contribution is 8.00. The van der Waals surface area contributed by atoms with Gasteiger partial charge in [0.1, 0.15) is 11.6 Å². The zero-order chi connectivity index (χ0) is 17.4. The summed E-state index contributed by atoms with van der Waals surface area (Å²) in [6, 6.07) is 13.1. The first-order valence-electron chi connectivity index (χ1n) is 7.64. The van der Waals surface area contributed by atoms with E-state index in [1.807, 2.05) is 31.2 Å². The Balaban J connectivity index is 1.73. The molecule has 0 spiro atoms. The molecular weight excluding hydrogens is 329 g/mol. The summed E-state index contributed by atoms with van der Waals surface area (Å²) in [5.41, 5.74) is 0.566. The summed E-state index contributed by atoms with van der Waals surface area (Å²) in [5.74, 6) is 0.523. The highest BCUT2D eigenvalue weighted by Crippen LogP contribution is 2.21. The van der Waals surface area contributed by atoms with Gasteiger partial charge in [0.25, 0.3) is 0 Å². The predicted molar refractivity (Wildman–Crippen MR) is 92.7 cm³/mol. The lowest BCUT2D eigenvalue weighted by Gasteiger charge is -2.12. The number of carbonyl (C=O) groups is 1. The summed E-state index contributed by atoms with van der Waals surface area (Å²) < 4.78 is 18.2. The smallest absolute Gasteiger partial charge is 0.230 e. The number of nitrogens with one attached hydrogen (secondary N) is 1. The van der Waals surface area contributed by atoms with Crippen molar-refractivity contribution >= 4 is 17.7 Å². The van der Waals surface area contributed by atoms with Crippen LogP contribution >= 0.6 is 11.8 Å². The maximum Gasteiger partial charge on any atom is 0.230 e. The lowest BCUT2D eigenvalue weighted by Crippen LogP contribution is -2.29. The molecule has 0 radical (unpaired) electrons. The SMILES string of the molecule is CCOc1ccc(SCC(=O)NCC(O)c2ccc(F)cc2)cc1. The summed E-state index contributed by atoms with van der Waals surface area (Å²) in [6.07, 6.45) is -0.856. The van der Waals surface area contributed by atoms with Gasteiger partial charge in [0.15, 0.2) is 0 Å². The molecule has 4 nitrogen and oxygen atoms in total. The van der Waals surface area contributed by atoms with Crippen LogP contribution in [-0.2, 0) is 4.79 Å². The van der Waals surface area contributed by atoms with Gasteiger partial charge in [0, 0.05) is 11.4 Å². The number of carbonyl (C=O) groups excluding carboxylic acids is 1. The van der Waals surface area contributed by atoms with E-state index in [1.165, 1.54) is 36.0 Å². The Labute approximate surface area is 145 Å². The molecule has 128 valence electrons. The van der Waals surface area contributed by atoms with Gasteiger partial charge in [-0.3, -0.25) is 4.79 Å². The number of benzene rings is 2. The second-order valence-electron chi connectivity index (χ2n) is 5.06. The topological polar surface area (TPSA) is 58.6 Å².